The van der Waals surface area contributed by atoms with Gasteiger partial charge >= 0.3 is 0 Å². The average Bonchev–Trinajstić information content (AvgIpc) is 2.46. The number of amides is 1. The molecule has 0 spiro atoms. The third-order valence-corrected chi connectivity index (χ3v) is 2.72. The number of hydrogen-bond acceptors (Lipinski definition) is 4. The Morgan fingerprint density at radius 2 is 2.00 bits per heavy atom. The first-order valence-corrected chi connectivity index (χ1v) is 5.99. The second-order valence-electron chi connectivity index (χ2n) is 3.87. The molecule has 0 aliphatic carbocycles. The summed E-state index contributed by atoms with van der Waals surface area (Å²) in [4.78, 5) is 19.7. The van der Waals surface area contributed by atoms with Crippen LogP contribution in [0.5, 0.6) is 0 Å². The fourth-order valence-corrected chi connectivity index (χ4v) is 1.66. The first kappa shape index (κ1) is 13.1. The van der Waals surface area contributed by atoms with Crippen LogP contribution >= 0.6 is 12.2 Å². The lowest BCUT2D eigenvalue weighted by Gasteiger charge is -2.06. The highest BCUT2D eigenvalue weighted by molar-refractivity contribution is 7.80. The Kier molecular flexibility index (Phi) is 4.15. The monoisotopic (exact) mass is 272 g/mol. The molecule has 0 aliphatic rings. The van der Waals surface area contributed by atoms with Crippen LogP contribution < -0.4 is 11.1 Å². The van der Waals surface area contributed by atoms with Crippen LogP contribution in [0.4, 0.5) is 0 Å². The molecular weight excluding hydrogens is 260 g/mol. The number of aromatic nitrogens is 2. The van der Waals surface area contributed by atoms with Crippen molar-refractivity contribution in [1.82, 2.24) is 15.3 Å². The maximum atomic E-state index is 11.8. The number of benzene rings is 1. The topological polar surface area (TPSA) is 80.9 Å². The molecular formula is C13H12N4OS. The molecule has 0 saturated heterocycles. The Balaban J connectivity index is 2.01. The van der Waals surface area contributed by atoms with E-state index in [4.69, 9.17) is 18.0 Å². The second kappa shape index (κ2) is 6.01. The zero-order valence-electron chi connectivity index (χ0n) is 10.0. The summed E-state index contributed by atoms with van der Waals surface area (Å²) in [6.45, 7) is 0.393. The zero-order chi connectivity index (χ0) is 13.7. The number of carbonyl (C=O) groups excluding carboxylic acids is 1. The Hall–Kier alpha value is -2.34. The molecule has 3 N–H and O–H groups in total. The summed E-state index contributed by atoms with van der Waals surface area (Å²) in [5.74, 6) is -0.221. The number of hydrogen-bond donors (Lipinski definition) is 2. The molecule has 1 amide bonds. The Bertz CT molecular complexity index is 601. The third kappa shape index (κ3) is 3.56. The Morgan fingerprint density at radius 3 is 2.68 bits per heavy atom. The van der Waals surface area contributed by atoms with Gasteiger partial charge in [0.05, 0.1) is 5.56 Å². The van der Waals surface area contributed by atoms with Crippen LogP contribution in [0.3, 0.4) is 0 Å². The molecule has 6 heteroatoms. The van der Waals surface area contributed by atoms with Crippen molar-refractivity contribution >= 4 is 23.1 Å². The fourth-order valence-electron chi connectivity index (χ4n) is 1.54. The minimum absolute atomic E-state index is 0.221. The van der Waals surface area contributed by atoms with E-state index in [-0.39, 0.29) is 5.91 Å². The van der Waals surface area contributed by atoms with E-state index in [1.54, 1.807) is 0 Å². The molecule has 0 atom stereocenters. The summed E-state index contributed by atoms with van der Waals surface area (Å²) in [5, 5.41) is 2.78. The van der Waals surface area contributed by atoms with Crippen LogP contribution in [0.1, 0.15) is 21.5 Å². The van der Waals surface area contributed by atoms with Crippen molar-refractivity contribution in [3.05, 3.63) is 59.7 Å². The molecule has 0 fully saturated rings. The van der Waals surface area contributed by atoms with Gasteiger partial charge in [0.1, 0.15) is 11.3 Å². The minimum atomic E-state index is -0.221. The van der Waals surface area contributed by atoms with Crippen molar-refractivity contribution < 1.29 is 4.79 Å². The predicted molar refractivity (Wildman–Crippen MR) is 75.5 cm³/mol. The SMILES string of the molecule is NC(=S)c1cccc(CNC(=O)c2cncnc2)c1. The van der Waals surface area contributed by atoms with Gasteiger partial charge in [-0.25, -0.2) is 9.97 Å². The van der Waals surface area contributed by atoms with Crippen molar-refractivity contribution in [2.75, 3.05) is 0 Å². The van der Waals surface area contributed by atoms with E-state index in [0.29, 0.717) is 17.1 Å². The number of nitrogens with two attached hydrogens (primary N) is 1. The Labute approximate surface area is 115 Å². The van der Waals surface area contributed by atoms with E-state index in [1.165, 1.54) is 18.7 Å². The van der Waals surface area contributed by atoms with Crippen molar-refractivity contribution in [3.8, 4) is 0 Å². The lowest BCUT2D eigenvalue weighted by Crippen LogP contribution is -2.23. The van der Waals surface area contributed by atoms with Gasteiger partial charge in [0.2, 0.25) is 0 Å². The van der Waals surface area contributed by atoms with E-state index >= 15 is 0 Å². The molecule has 0 saturated carbocycles. The fraction of sp³-hybridized carbons (Fsp3) is 0.0769. The lowest BCUT2D eigenvalue weighted by atomic mass is 10.1. The van der Waals surface area contributed by atoms with Crippen LogP contribution in [0.2, 0.25) is 0 Å². The molecule has 0 aliphatic heterocycles. The second-order valence-corrected chi connectivity index (χ2v) is 4.31. The smallest absolute Gasteiger partial charge is 0.254 e. The predicted octanol–water partition coefficient (Wildman–Crippen LogP) is 1.04. The largest absolute Gasteiger partial charge is 0.389 e. The molecule has 2 aromatic rings. The highest BCUT2D eigenvalue weighted by Gasteiger charge is 2.05. The van der Waals surface area contributed by atoms with E-state index in [1.807, 2.05) is 24.3 Å². The van der Waals surface area contributed by atoms with Crippen LogP contribution in [-0.4, -0.2) is 20.9 Å². The lowest BCUT2D eigenvalue weighted by molar-refractivity contribution is 0.0950. The van der Waals surface area contributed by atoms with Crippen molar-refractivity contribution in [3.63, 3.8) is 0 Å². The van der Waals surface area contributed by atoms with Gasteiger partial charge in [-0.05, 0) is 11.6 Å². The van der Waals surface area contributed by atoms with Gasteiger partial charge in [-0.2, -0.15) is 0 Å². The molecule has 1 aromatic heterocycles. The normalized spacial score (nSPS) is 9.89. The molecule has 0 radical (unpaired) electrons. The van der Waals surface area contributed by atoms with Gasteiger partial charge in [0, 0.05) is 24.5 Å². The number of nitrogens with zero attached hydrogens (tertiary/aromatic N) is 2. The van der Waals surface area contributed by atoms with Crippen LogP contribution in [0, 0.1) is 0 Å². The average molecular weight is 272 g/mol. The van der Waals surface area contributed by atoms with E-state index < -0.39 is 0 Å². The van der Waals surface area contributed by atoms with Gasteiger partial charge < -0.3 is 11.1 Å². The standard InChI is InChI=1S/C13H12N4OS/c14-12(19)10-3-1-2-9(4-10)5-17-13(18)11-6-15-8-16-7-11/h1-4,6-8H,5H2,(H2,14,19)(H,17,18). The summed E-state index contributed by atoms with van der Waals surface area (Å²) in [7, 11) is 0. The maximum absolute atomic E-state index is 11.8. The van der Waals surface area contributed by atoms with Crippen LogP contribution in [-0.2, 0) is 6.54 Å². The molecule has 0 unspecified atom stereocenters. The summed E-state index contributed by atoms with van der Waals surface area (Å²) >= 11 is 4.91. The Morgan fingerprint density at radius 1 is 1.26 bits per heavy atom. The van der Waals surface area contributed by atoms with Crippen molar-refractivity contribution in [1.29, 1.82) is 0 Å². The first-order chi connectivity index (χ1) is 9.16. The molecule has 19 heavy (non-hydrogen) atoms. The molecule has 96 valence electrons. The van der Waals surface area contributed by atoms with Crippen molar-refractivity contribution in [2.24, 2.45) is 5.73 Å². The van der Waals surface area contributed by atoms with E-state index in [0.717, 1.165) is 11.1 Å². The van der Waals surface area contributed by atoms with Gasteiger partial charge in [-0.3, -0.25) is 4.79 Å². The number of rotatable bonds is 4. The molecule has 2 rings (SSSR count). The van der Waals surface area contributed by atoms with Crippen molar-refractivity contribution in [2.45, 2.75) is 6.54 Å². The summed E-state index contributed by atoms with van der Waals surface area (Å²) in [6.07, 6.45) is 4.31. The summed E-state index contributed by atoms with van der Waals surface area (Å²) < 4.78 is 0. The van der Waals surface area contributed by atoms with Gasteiger partial charge in [-0.1, -0.05) is 30.4 Å². The summed E-state index contributed by atoms with van der Waals surface area (Å²) in [5.41, 5.74) is 7.69. The molecule has 1 heterocycles. The summed E-state index contributed by atoms with van der Waals surface area (Å²) in [6, 6.07) is 7.42. The van der Waals surface area contributed by atoms with Crippen LogP contribution in [0.25, 0.3) is 0 Å². The quantitative estimate of drug-likeness (QED) is 0.813. The highest BCUT2D eigenvalue weighted by atomic mass is 32.1. The maximum Gasteiger partial charge on any atom is 0.254 e. The van der Waals surface area contributed by atoms with Gasteiger partial charge in [-0.15, -0.1) is 0 Å². The first-order valence-electron chi connectivity index (χ1n) is 5.59. The number of thiocarbonyl (C=S) groups is 1. The molecule has 1 aromatic carbocycles. The minimum Gasteiger partial charge on any atom is -0.389 e. The zero-order valence-corrected chi connectivity index (χ0v) is 10.9. The third-order valence-electron chi connectivity index (χ3n) is 2.49. The molecule has 5 nitrogen and oxygen atoms in total. The van der Waals surface area contributed by atoms with Gasteiger partial charge in [0.25, 0.3) is 5.91 Å². The van der Waals surface area contributed by atoms with E-state index in [2.05, 4.69) is 15.3 Å². The highest BCUT2D eigenvalue weighted by Crippen LogP contribution is 2.05. The number of carbonyl (C=O) groups is 1. The van der Waals surface area contributed by atoms with E-state index in [9.17, 15) is 4.79 Å². The number of nitrogens with one attached hydrogen (secondary N) is 1. The van der Waals surface area contributed by atoms with Crippen LogP contribution in [0.15, 0.2) is 43.0 Å². The van der Waals surface area contributed by atoms with Gasteiger partial charge in [0.15, 0.2) is 0 Å². The molecule has 0 bridgehead atoms.